The minimum atomic E-state index is -0.781. The van der Waals surface area contributed by atoms with Crippen LogP contribution in [0, 0.1) is 6.92 Å². The number of amides is 1. The van der Waals surface area contributed by atoms with Gasteiger partial charge in [0.25, 0.3) is 0 Å². The van der Waals surface area contributed by atoms with Crippen LogP contribution in [0.5, 0.6) is 5.88 Å². The molecule has 1 heterocycles. The van der Waals surface area contributed by atoms with Crippen LogP contribution >= 0.6 is 0 Å². The SMILES string of the molecule is CCn1c(O)c(N=NC(=O)OC(C)(C)C)c2cc(C)ccc21. The lowest BCUT2D eigenvalue weighted by Crippen LogP contribution is -2.21. The number of aromatic nitrogens is 1. The number of aromatic hydroxyl groups is 1. The zero-order valence-corrected chi connectivity index (χ0v) is 13.5. The van der Waals surface area contributed by atoms with Gasteiger partial charge < -0.3 is 14.4 Å². The standard InChI is InChI=1S/C16H21N3O3/c1-6-19-12-8-7-10(2)9-11(12)13(14(19)20)17-18-15(21)22-16(3,4)5/h7-9,20H,6H2,1-5H3. The van der Waals surface area contributed by atoms with Gasteiger partial charge in [0.1, 0.15) is 5.60 Å². The number of nitrogens with zero attached hydrogens (tertiary/aromatic N) is 3. The van der Waals surface area contributed by atoms with Gasteiger partial charge in [-0.1, -0.05) is 16.7 Å². The van der Waals surface area contributed by atoms with E-state index >= 15 is 0 Å². The fraction of sp³-hybridized carbons (Fsp3) is 0.438. The lowest BCUT2D eigenvalue weighted by molar-refractivity contribution is 0.0592. The van der Waals surface area contributed by atoms with Crippen molar-refractivity contribution >= 4 is 22.7 Å². The molecule has 22 heavy (non-hydrogen) atoms. The molecule has 0 saturated carbocycles. The Morgan fingerprint density at radius 1 is 1.36 bits per heavy atom. The fourth-order valence-electron chi connectivity index (χ4n) is 2.23. The van der Waals surface area contributed by atoms with Crippen LogP contribution < -0.4 is 0 Å². The molecule has 1 amide bonds. The Kier molecular flexibility index (Phi) is 4.21. The highest BCUT2D eigenvalue weighted by Gasteiger charge is 2.18. The van der Waals surface area contributed by atoms with Crippen LogP contribution in [0.15, 0.2) is 28.4 Å². The zero-order chi connectivity index (χ0) is 16.5. The second-order valence-electron chi connectivity index (χ2n) is 6.12. The Morgan fingerprint density at radius 3 is 2.64 bits per heavy atom. The van der Waals surface area contributed by atoms with Gasteiger partial charge in [-0.3, -0.25) is 0 Å². The van der Waals surface area contributed by atoms with Crippen LogP contribution in [0.4, 0.5) is 10.5 Å². The van der Waals surface area contributed by atoms with E-state index in [0.717, 1.165) is 16.5 Å². The summed E-state index contributed by atoms with van der Waals surface area (Å²) in [5, 5.41) is 18.5. The van der Waals surface area contributed by atoms with Crippen molar-refractivity contribution < 1.29 is 14.6 Å². The maximum atomic E-state index is 11.7. The minimum Gasteiger partial charge on any atom is -0.493 e. The highest BCUT2D eigenvalue weighted by Crippen LogP contribution is 2.39. The summed E-state index contributed by atoms with van der Waals surface area (Å²) in [6.07, 6.45) is -0.781. The van der Waals surface area contributed by atoms with Crippen LogP contribution in [0.25, 0.3) is 10.9 Å². The van der Waals surface area contributed by atoms with Gasteiger partial charge in [-0.2, -0.15) is 0 Å². The normalized spacial score (nSPS) is 12.2. The van der Waals surface area contributed by atoms with Crippen molar-refractivity contribution in [1.82, 2.24) is 4.57 Å². The smallest absolute Gasteiger partial charge is 0.452 e. The van der Waals surface area contributed by atoms with Gasteiger partial charge in [0.2, 0.25) is 5.88 Å². The minimum absolute atomic E-state index is 0.00425. The van der Waals surface area contributed by atoms with Crippen molar-refractivity contribution in [2.75, 3.05) is 0 Å². The molecule has 6 nitrogen and oxygen atoms in total. The highest BCUT2D eigenvalue weighted by atomic mass is 16.6. The lowest BCUT2D eigenvalue weighted by atomic mass is 10.1. The maximum Gasteiger partial charge on any atom is 0.452 e. The molecule has 0 bridgehead atoms. The molecule has 0 atom stereocenters. The summed E-state index contributed by atoms with van der Waals surface area (Å²) in [4.78, 5) is 11.7. The molecule has 0 unspecified atom stereocenters. The van der Waals surface area contributed by atoms with Gasteiger partial charge >= 0.3 is 6.09 Å². The van der Waals surface area contributed by atoms with Gasteiger partial charge in [0, 0.05) is 11.9 Å². The average molecular weight is 303 g/mol. The molecule has 0 saturated heterocycles. The van der Waals surface area contributed by atoms with Crippen molar-refractivity contribution in [3.8, 4) is 5.88 Å². The Morgan fingerprint density at radius 2 is 2.05 bits per heavy atom. The van der Waals surface area contributed by atoms with E-state index < -0.39 is 11.7 Å². The van der Waals surface area contributed by atoms with Gasteiger partial charge in [0.15, 0.2) is 5.69 Å². The van der Waals surface area contributed by atoms with E-state index in [1.54, 1.807) is 25.3 Å². The summed E-state index contributed by atoms with van der Waals surface area (Å²) in [6.45, 7) is 9.73. The van der Waals surface area contributed by atoms with Gasteiger partial charge in [-0.25, -0.2) is 4.79 Å². The zero-order valence-electron chi connectivity index (χ0n) is 13.5. The van der Waals surface area contributed by atoms with Crippen LogP contribution in [-0.4, -0.2) is 21.4 Å². The Bertz CT molecular complexity index is 739. The molecule has 1 aromatic heterocycles. The number of hydrogen-bond donors (Lipinski definition) is 1. The first-order chi connectivity index (χ1) is 10.2. The van der Waals surface area contributed by atoms with Crippen molar-refractivity contribution in [1.29, 1.82) is 0 Å². The highest BCUT2D eigenvalue weighted by molar-refractivity contribution is 5.95. The number of rotatable bonds is 2. The molecule has 2 aromatic rings. The largest absolute Gasteiger partial charge is 0.493 e. The van der Waals surface area contributed by atoms with E-state index in [9.17, 15) is 9.90 Å². The number of carbonyl (C=O) groups is 1. The van der Waals surface area contributed by atoms with E-state index in [4.69, 9.17) is 4.74 Å². The van der Waals surface area contributed by atoms with Crippen LogP contribution in [0.1, 0.15) is 33.3 Å². The number of benzene rings is 1. The summed E-state index contributed by atoms with van der Waals surface area (Å²) in [6, 6.07) is 5.79. The van der Waals surface area contributed by atoms with Crippen molar-refractivity contribution in [3.63, 3.8) is 0 Å². The van der Waals surface area contributed by atoms with Crippen molar-refractivity contribution in [3.05, 3.63) is 23.8 Å². The Hall–Kier alpha value is -2.37. The predicted molar refractivity (Wildman–Crippen MR) is 84.8 cm³/mol. The van der Waals surface area contributed by atoms with E-state index in [1.807, 2.05) is 32.0 Å². The summed E-state index contributed by atoms with van der Waals surface area (Å²) in [5.41, 5.74) is 1.54. The molecular formula is C16H21N3O3. The Labute approximate surface area is 129 Å². The van der Waals surface area contributed by atoms with Crippen LogP contribution in [0.2, 0.25) is 0 Å². The average Bonchev–Trinajstić information content (AvgIpc) is 2.65. The van der Waals surface area contributed by atoms with E-state index in [-0.39, 0.29) is 11.6 Å². The third kappa shape index (κ3) is 3.27. The monoisotopic (exact) mass is 303 g/mol. The second kappa shape index (κ2) is 5.79. The van der Waals surface area contributed by atoms with Crippen molar-refractivity contribution in [2.24, 2.45) is 10.2 Å². The maximum absolute atomic E-state index is 11.7. The number of carbonyl (C=O) groups excluding carboxylic acids is 1. The van der Waals surface area contributed by atoms with Gasteiger partial charge in [-0.05, 0) is 46.8 Å². The third-order valence-electron chi connectivity index (χ3n) is 3.11. The molecule has 0 aliphatic rings. The molecule has 2 rings (SSSR count). The number of hydrogen-bond acceptors (Lipinski definition) is 4. The number of fused-ring (bicyclic) bond motifs is 1. The molecule has 0 aliphatic carbocycles. The molecule has 6 heteroatoms. The van der Waals surface area contributed by atoms with E-state index in [0.29, 0.717) is 6.54 Å². The topological polar surface area (TPSA) is 76.2 Å². The number of ether oxygens (including phenoxy) is 1. The molecule has 0 aliphatic heterocycles. The summed E-state index contributed by atoms with van der Waals surface area (Å²) >= 11 is 0. The van der Waals surface area contributed by atoms with Crippen molar-refractivity contribution in [2.45, 2.75) is 46.8 Å². The first-order valence-corrected chi connectivity index (χ1v) is 7.19. The van der Waals surface area contributed by atoms with Crippen LogP contribution in [-0.2, 0) is 11.3 Å². The first-order valence-electron chi connectivity index (χ1n) is 7.19. The van der Waals surface area contributed by atoms with Gasteiger partial charge in [0.05, 0.1) is 5.52 Å². The summed E-state index contributed by atoms with van der Waals surface area (Å²) < 4.78 is 6.80. The molecule has 1 N–H and O–H groups in total. The molecule has 1 aromatic carbocycles. The predicted octanol–water partition coefficient (Wildman–Crippen LogP) is 4.69. The van der Waals surface area contributed by atoms with Gasteiger partial charge in [-0.15, -0.1) is 5.11 Å². The molecule has 118 valence electrons. The third-order valence-corrected chi connectivity index (χ3v) is 3.11. The fourth-order valence-corrected chi connectivity index (χ4v) is 2.23. The van der Waals surface area contributed by atoms with E-state index in [2.05, 4.69) is 10.2 Å². The number of azo groups is 1. The molecule has 0 spiro atoms. The van der Waals surface area contributed by atoms with E-state index in [1.165, 1.54) is 0 Å². The lowest BCUT2D eigenvalue weighted by Gasteiger charge is -2.16. The number of aryl methyl sites for hydroxylation is 2. The Balaban J connectivity index is 2.45. The summed E-state index contributed by atoms with van der Waals surface area (Å²) in [5.74, 6) is -0.00425. The quantitative estimate of drug-likeness (QED) is 0.817. The summed E-state index contributed by atoms with van der Waals surface area (Å²) in [7, 11) is 0. The molecule has 0 fully saturated rings. The molecule has 0 radical (unpaired) electrons. The second-order valence-corrected chi connectivity index (χ2v) is 6.12. The molecular weight excluding hydrogens is 282 g/mol. The van der Waals surface area contributed by atoms with Crippen LogP contribution in [0.3, 0.4) is 0 Å². The first kappa shape index (κ1) is 16.0.